The third-order valence-electron chi connectivity index (χ3n) is 3.80. The Balaban J connectivity index is 1.51. The average Bonchev–Trinajstić information content (AvgIpc) is 2.63. The van der Waals surface area contributed by atoms with Crippen LogP contribution in [0.5, 0.6) is 0 Å². The number of anilines is 1. The number of nitrogens with one attached hydrogen (secondary N) is 2. The van der Waals surface area contributed by atoms with Gasteiger partial charge in [0.2, 0.25) is 0 Å². The van der Waals surface area contributed by atoms with Gasteiger partial charge in [-0.25, -0.2) is 5.43 Å². The van der Waals surface area contributed by atoms with E-state index in [0.717, 1.165) is 16.8 Å². The predicted octanol–water partition coefficient (Wildman–Crippen LogP) is 2.28. The Kier molecular flexibility index (Phi) is 5.24. The topological polar surface area (TPSA) is 53.6 Å². The minimum atomic E-state index is 0.0789. The minimum absolute atomic E-state index is 0.0789. The van der Waals surface area contributed by atoms with Crippen LogP contribution in [0.2, 0.25) is 0 Å². The van der Waals surface area contributed by atoms with Crippen molar-refractivity contribution in [2.24, 2.45) is 0 Å². The molecule has 2 aromatic carbocycles. The van der Waals surface area contributed by atoms with Crippen molar-refractivity contribution < 1.29 is 9.53 Å². The summed E-state index contributed by atoms with van der Waals surface area (Å²) in [7, 11) is 0. The van der Waals surface area contributed by atoms with Crippen molar-refractivity contribution in [3.63, 3.8) is 0 Å². The number of rotatable bonds is 5. The summed E-state index contributed by atoms with van der Waals surface area (Å²) in [6.45, 7) is 3.27. The molecule has 0 bridgehead atoms. The van der Waals surface area contributed by atoms with Gasteiger partial charge in [-0.2, -0.15) is 0 Å². The van der Waals surface area contributed by atoms with Crippen molar-refractivity contribution >= 4 is 11.6 Å². The van der Waals surface area contributed by atoms with Crippen LogP contribution < -0.4 is 10.9 Å². The first-order valence-corrected chi connectivity index (χ1v) is 7.83. The van der Waals surface area contributed by atoms with E-state index >= 15 is 0 Å². The zero-order valence-corrected chi connectivity index (χ0v) is 13.0. The highest BCUT2D eigenvalue weighted by Gasteiger charge is 2.18. The number of benzene rings is 2. The van der Waals surface area contributed by atoms with Crippen molar-refractivity contribution in [2.45, 2.75) is 6.54 Å². The van der Waals surface area contributed by atoms with Crippen LogP contribution in [-0.2, 0) is 11.3 Å². The third-order valence-corrected chi connectivity index (χ3v) is 3.80. The molecule has 2 aromatic rings. The van der Waals surface area contributed by atoms with Crippen molar-refractivity contribution in [2.75, 3.05) is 31.7 Å². The second kappa shape index (κ2) is 7.76. The second-order valence-corrected chi connectivity index (χ2v) is 5.45. The third kappa shape index (κ3) is 4.31. The largest absolute Gasteiger partial charge is 0.378 e. The van der Waals surface area contributed by atoms with Gasteiger partial charge >= 0.3 is 0 Å². The highest BCUT2D eigenvalue weighted by Crippen LogP contribution is 2.10. The van der Waals surface area contributed by atoms with Crippen LogP contribution in [0.4, 0.5) is 5.69 Å². The fourth-order valence-corrected chi connectivity index (χ4v) is 2.48. The van der Waals surface area contributed by atoms with Gasteiger partial charge in [0.1, 0.15) is 0 Å². The van der Waals surface area contributed by atoms with Gasteiger partial charge in [-0.1, -0.05) is 30.3 Å². The lowest BCUT2D eigenvalue weighted by Crippen LogP contribution is -2.40. The van der Waals surface area contributed by atoms with Gasteiger partial charge in [-0.3, -0.25) is 4.79 Å². The van der Waals surface area contributed by atoms with E-state index in [0.29, 0.717) is 32.8 Å². The molecule has 1 aliphatic rings. The monoisotopic (exact) mass is 311 g/mol. The summed E-state index contributed by atoms with van der Waals surface area (Å²) in [4.78, 5) is 14.2. The Morgan fingerprint density at radius 1 is 1.00 bits per heavy atom. The lowest BCUT2D eigenvalue weighted by atomic mass is 10.1. The van der Waals surface area contributed by atoms with Gasteiger partial charge in [-0.05, 0) is 29.8 Å². The standard InChI is InChI=1S/C18H21N3O2/c22-18(21-10-12-23-13-11-21)16-8-6-15(7-9-16)14-19-20-17-4-2-1-3-5-17/h1-9,19-20H,10-14H2. The van der Waals surface area contributed by atoms with E-state index in [2.05, 4.69) is 10.9 Å². The number of hydrazine groups is 1. The molecule has 0 atom stereocenters. The number of hydrogen-bond acceptors (Lipinski definition) is 4. The Labute approximate surface area is 136 Å². The lowest BCUT2D eigenvalue weighted by Gasteiger charge is -2.26. The van der Waals surface area contributed by atoms with Gasteiger partial charge in [0.15, 0.2) is 0 Å². The molecule has 0 aliphatic carbocycles. The van der Waals surface area contributed by atoms with Crippen molar-refractivity contribution in [1.82, 2.24) is 10.3 Å². The van der Waals surface area contributed by atoms with E-state index in [-0.39, 0.29) is 5.91 Å². The van der Waals surface area contributed by atoms with Crippen molar-refractivity contribution in [3.05, 3.63) is 65.7 Å². The SMILES string of the molecule is O=C(c1ccc(CNNc2ccccc2)cc1)N1CCOCC1. The highest BCUT2D eigenvalue weighted by atomic mass is 16.5. The molecule has 0 spiro atoms. The number of nitrogens with zero attached hydrogens (tertiary/aromatic N) is 1. The quantitative estimate of drug-likeness (QED) is 0.832. The Bertz CT molecular complexity index is 622. The van der Waals surface area contributed by atoms with Crippen LogP contribution in [0.1, 0.15) is 15.9 Å². The fourth-order valence-electron chi connectivity index (χ4n) is 2.48. The van der Waals surface area contributed by atoms with Gasteiger partial charge < -0.3 is 15.1 Å². The molecule has 0 radical (unpaired) electrons. The first-order valence-electron chi connectivity index (χ1n) is 7.83. The summed E-state index contributed by atoms with van der Waals surface area (Å²) in [5, 5.41) is 0. The molecule has 1 amide bonds. The Morgan fingerprint density at radius 3 is 2.39 bits per heavy atom. The summed E-state index contributed by atoms with van der Waals surface area (Å²) in [6, 6.07) is 17.7. The summed E-state index contributed by atoms with van der Waals surface area (Å²) >= 11 is 0. The van der Waals surface area contributed by atoms with E-state index in [1.54, 1.807) is 0 Å². The van der Waals surface area contributed by atoms with Crippen LogP contribution >= 0.6 is 0 Å². The van der Waals surface area contributed by atoms with Gasteiger partial charge in [0.25, 0.3) is 5.91 Å². The molecule has 0 saturated carbocycles. The second-order valence-electron chi connectivity index (χ2n) is 5.45. The first-order chi connectivity index (χ1) is 11.3. The fraction of sp³-hybridized carbons (Fsp3) is 0.278. The smallest absolute Gasteiger partial charge is 0.254 e. The normalized spacial score (nSPS) is 14.5. The highest BCUT2D eigenvalue weighted by molar-refractivity contribution is 5.94. The molecule has 120 valence electrons. The number of carbonyl (C=O) groups is 1. The number of carbonyl (C=O) groups excluding carboxylic acids is 1. The Hall–Kier alpha value is -2.37. The molecule has 5 nitrogen and oxygen atoms in total. The number of ether oxygens (including phenoxy) is 1. The van der Waals surface area contributed by atoms with E-state index in [9.17, 15) is 4.79 Å². The molecule has 5 heteroatoms. The first kappa shape index (κ1) is 15.5. The zero-order valence-electron chi connectivity index (χ0n) is 13.0. The summed E-state index contributed by atoms with van der Waals surface area (Å²) in [5.74, 6) is 0.0789. The van der Waals surface area contributed by atoms with Gasteiger partial charge in [-0.15, -0.1) is 0 Å². The average molecular weight is 311 g/mol. The molecule has 1 heterocycles. The molecule has 1 fully saturated rings. The predicted molar refractivity (Wildman–Crippen MR) is 90.1 cm³/mol. The van der Waals surface area contributed by atoms with E-state index < -0.39 is 0 Å². The maximum absolute atomic E-state index is 12.4. The van der Waals surface area contributed by atoms with Gasteiger partial charge in [0.05, 0.1) is 13.2 Å². The molecule has 2 N–H and O–H groups in total. The number of hydrogen-bond donors (Lipinski definition) is 2. The molecule has 0 aromatic heterocycles. The molecule has 1 saturated heterocycles. The number of morpholine rings is 1. The molecular weight excluding hydrogens is 290 g/mol. The van der Waals surface area contributed by atoms with Crippen LogP contribution in [0.3, 0.4) is 0 Å². The minimum Gasteiger partial charge on any atom is -0.378 e. The molecule has 0 unspecified atom stereocenters. The molecule has 23 heavy (non-hydrogen) atoms. The summed E-state index contributed by atoms with van der Waals surface area (Å²) in [5.41, 5.74) is 9.18. The summed E-state index contributed by atoms with van der Waals surface area (Å²) < 4.78 is 5.28. The van der Waals surface area contributed by atoms with Crippen molar-refractivity contribution in [1.29, 1.82) is 0 Å². The summed E-state index contributed by atoms with van der Waals surface area (Å²) in [6.07, 6.45) is 0. The molecular formula is C18H21N3O2. The van der Waals surface area contributed by atoms with Gasteiger partial charge in [0, 0.05) is 30.9 Å². The zero-order chi connectivity index (χ0) is 15.9. The van der Waals surface area contributed by atoms with Crippen LogP contribution in [0.25, 0.3) is 0 Å². The Morgan fingerprint density at radius 2 is 1.70 bits per heavy atom. The number of amides is 1. The molecule has 1 aliphatic heterocycles. The van der Waals surface area contributed by atoms with E-state index in [1.165, 1.54) is 0 Å². The molecule has 3 rings (SSSR count). The van der Waals surface area contributed by atoms with Crippen LogP contribution in [0, 0.1) is 0 Å². The van der Waals surface area contributed by atoms with Crippen LogP contribution in [-0.4, -0.2) is 37.1 Å². The van der Waals surface area contributed by atoms with E-state index in [1.807, 2.05) is 59.5 Å². The lowest BCUT2D eigenvalue weighted by molar-refractivity contribution is 0.0303. The maximum Gasteiger partial charge on any atom is 0.254 e. The maximum atomic E-state index is 12.4. The van der Waals surface area contributed by atoms with Crippen LogP contribution in [0.15, 0.2) is 54.6 Å². The van der Waals surface area contributed by atoms with E-state index in [4.69, 9.17) is 4.74 Å². The van der Waals surface area contributed by atoms with Crippen molar-refractivity contribution in [3.8, 4) is 0 Å². The number of para-hydroxylation sites is 1.